The second-order valence-corrected chi connectivity index (χ2v) is 6.53. The van der Waals surface area contributed by atoms with Crippen molar-refractivity contribution in [2.24, 2.45) is 0 Å². The molecular formula is C15H17BrClN3O. The summed E-state index contributed by atoms with van der Waals surface area (Å²) in [7, 11) is 1.83. The van der Waals surface area contributed by atoms with Crippen molar-refractivity contribution in [1.82, 2.24) is 10.3 Å². The second-order valence-electron chi connectivity index (χ2n) is 5.21. The number of pyridine rings is 1. The van der Waals surface area contributed by atoms with E-state index in [2.05, 4.69) is 26.2 Å². The van der Waals surface area contributed by atoms with E-state index >= 15 is 0 Å². The molecule has 1 aromatic carbocycles. The van der Waals surface area contributed by atoms with Crippen molar-refractivity contribution >= 4 is 50.2 Å². The third kappa shape index (κ3) is 4.08. The number of anilines is 1. The molecule has 2 aromatic rings. The first-order valence-electron chi connectivity index (χ1n) is 6.63. The Kier molecular flexibility index (Phi) is 5.06. The first-order chi connectivity index (χ1) is 9.86. The number of fused-ring (bicyclic) bond motifs is 1. The molecule has 112 valence electrons. The number of amides is 1. The first-order valence-corrected chi connectivity index (χ1v) is 7.80. The van der Waals surface area contributed by atoms with Crippen LogP contribution in [-0.4, -0.2) is 30.5 Å². The Morgan fingerprint density at radius 3 is 2.81 bits per heavy atom. The average molecular weight is 371 g/mol. The van der Waals surface area contributed by atoms with Gasteiger partial charge in [0.15, 0.2) is 0 Å². The van der Waals surface area contributed by atoms with E-state index in [9.17, 15) is 4.79 Å². The van der Waals surface area contributed by atoms with Gasteiger partial charge in [0.2, 0.25) is 5.91 Å². The van der Waals surface area contributed by atoms with E-state index in [0.29, 0.717) is 10.8 Å². The zero-order chi connectivity index (χ0) is 15.6. The maximum absolute atomic E-state index is 11.8. The van der Waals surface area contributed by atoms with E-state index in [0.717, 1.165) is 15.4 Å². The molecule has 4 nitrogen and oxygen atoms in total. The third-order valence-corrected chi connectivity index (χ3v) is 3.66. The number of nitrogens with one attached hydrogen (secondary N) is 1. The summed E-state index contributed by atoms with van der Waals surface area (Å²) >= 11 is 9.63. The van der Waals surface area contributed by atoms with E-state index in [4.69, 9.17) is 11.6 Å². The Morgan fingerprint density at radius 2 is 2.14 bits per heavy atom. The van der Waals surface area contributed by atoms with Crippen LogP contribution < -0.4 is 10.2 Å². The van der Waals surface area contributed by atoms with Crippen LogP contribution in [0.15, 0.2) is 28.7 Å². The molecule has 1 N–H and O–H groups in total. The number of benzene rings is 1. The molecule has 0 saturated heterocycles. The highest BCUT2D eigenvalue weighted by Crippen LogP contribution is 2.28. The average Bonchev–Trinajstić information content (AvgIpc) is 2.36. The number of hydrogen-bond acceptors (Lipinski definition) is 3. The molecule has 0 unspecified atom stereocenters. The molecule has 0 aliphatic rings. The monoisotopic (exact) mass is 369 g/mol. The summed E-state index contributed by atoms with van der Waals surface area (Å²) < 4.78 is 0.916. The Labute approximate surface area is 137 Å². The minimum Gasteiger partial charge on any atom is -0.352 e. The fourth-order valence-electron chi connectivity index (χ4n) is 2.02. The lowest BCUT2D eigenvalue weighted by molar-refractivity contribution is -0.120. The molecule has 0 bridgehead atoms. The van der Waals surface area contributed by atoms with E-state index < -0.39 is 0 Å². The summed E-state index contributed by atoms with van der Waals surface area (Å²) in [5.74, 6) is 0.682. The molecule has 1 heterocycles. The fourth-order valence-corrected chi connectivity index (χ4v) is 2.90. The van der Waals surface area contributed by atoms with Crippen LogP contribution in [0.25, 0.3) is 10.9 Å². The van der Waals surface area contributed by atoms with Gasteiger partial charge in [-0.25, -0.2) is 4.98 Å². The molecule has 0 aliphatic carbocycles. The lowest BCUT2D eigenvalue weighted by atomic mass is 10.2. The van der Waals surface area contributed by atoms with Gasteiger partial charge in [-0.2, -0.15) is 0 Å². The molecule has 0 radical (unpaired) electrons. The van der Waals surface area contributed by atoms with Gasteiger partial charge in [0, 0.05) is 22.9 Å². The SMILES string of the molecule is CC(C)NC(=O)CN(C)c1ccc2cc(Br)cc(Cl)c2n1. The van der Waals surface area contributed by atoms with Gasteiger partial charge in [-0.15, -0.1) is 0 Å². The molecule has 2 rings (SSSR count). The normalized spacial score (nSPS) is 11.0. The molecule has 0 fully saturated rings. The van der Waals surface area contributed by atoms with Gasteiger partial charge in [-0.3, -0.25) is 4.79 Å². The molecule has 0 spiro atoms. The summed E-state index contributed by atoms with van der Waals surface area (Å²) in [5.41, 5.74) is 0.730. The zero-order valence-corrected chi connectivity index (χ0v) is 14.5. The number of halogens is 2. The van der Waals surface area contributed by atoms with Crippen LogP contribution in [0, 0.1) is 0 Å². The van der Waals surface area contributed by atoms with E-state index in [-0.39, 0.29) is 18.5 Å². The molecule has 0 aliphatic heterocycles. The summed E-state index contributed by atoms with van der Waals surface area (Å²) in [6.07, 6.45) is 0. The Morgan fingerprint density at radius 1 is 1.43 bits per heavy atom. The Balaban J connectivity index is 2.24. The van der Waals surface area contributed by atoms with Gasteiger partial charge in [-0.1, -0.05) is 27.5 Å². The summed E-state index contributed by atoms with van der Waals surface area (Å²) in [4.78, 5) is 18.1. The molecule has 21 heavy (non-hydrogen) atoms. The van der Waals surface area contributed by atoms with Crippen molar-refractivity contribution in [3.05, 3.63) is 33.8 Å². The lowest BCUT2D eigenvalue weighted by Crippen LogP contribution is -2.38. The number of aromatic nitrogens is 1. The van der Waals surface area contributed by atoms with E-state index in [1.807, 2.05) is 45.2 Å². The van der Waals surface area contributed by atoms with Crippen molar-refractivity contribution in [2.45, 2.75) is 19.9 Å². The molecule has 0 atom stereocenters. The van der Waals surface area contributed by atoms with E-state index in [1.54, 1.807) is 4.90 Å². The van der Waals surface area contributed by atoms with Crippen LogP contribution in [0.5, 0.6) is 0 Å². The number of likely N-dealkylation sites (N-methyl/N-ethyl adjacent to an activating group) is 1. The lowest BCUT2D eigenvalue weighted by Gasteiger charge is -2.19. The summed E-state index contributed by atoms with van der Waals surface area (Å²) in [6.45, 7) is 4.12. The summed E-state index contributed by atoms with van der Waals surface area (Å²) in [6, 6.07) is 7.73. The first kappa shape index (κ1) is 16.0. The van der Waals surface area contributed by atoms with Crippen LogP contribution >= 0.6 is 27.5 Å². The fraction of sp³-hybridized carbons (Fsp3) is 0.333. The van der Waals surface area contributed by atoms with Gasteiger partial charge in [-0.05, 0) is 38.1 Å². The van der Waals surface area contributed by atoms with Gasteiger partial charge in [0.05, 0.1) is 17.1 Å². The predicted molar refractivity (Wildman–Crippen MR) is 91.0 cm³/mol. The van der Waals surface area contributed by atoms with Crippen molar-refractivity contribution < 1.29 is 4.79 Å². The number of rotatable bonds is 4. The smallest absolute Gasteiger partial charge is 0.239 e. The quantitative estimate of drug-likeness (QED) is 0.894. The highest BCUT2D eigenvalue weighted by Gasteiger charge is 2.11. The second kappa shape index (κ2) is 6.62. The molecule has 0 saturated carbocycles. The minimum atomic E-state index is -0.0312. The molecular weight excluding hydrogens is 354 g/mol. The van der Waals surface area contributed by atoms with Crippen LogP contribution in [0.2, 0.25) is 5.02 Å². The van der Waals surface area contributed by atoms with Gasteiger partial charge in [0.25, 0.3) is 0 Å². The van der Waals surface area contributed by atoms with Crippen molar-refractivity contribution in [3.8, 4) is 0 Å². The van der Waals surface area contributed by atoms with Crippen molar-refractivity contribution in [3.63, 3.8) is 0 Å². The number of carbonyl (C=O) groups is 1. The maximum Gasteiger partial charge on any atom is 0.239 e. The standard InChI is InChI=1S/C15H17BrClN3O/c1-9(2)18-14(21)8-20(3)13-5-4-10-6-11(16)7-12(17)15(10)19-13/h4-7,9H,8H2,1-3H3,(H,18,21). The molecule has 6 heteroatoms. The van der Waals surface area contributed by atoms with Crippen molar-refractivity contribution in [2.75, 3.05) is 18.5 Å². The topological polar surface area (TPSA) is 45.2 Å². The van der Waals surface area contributed by atoms with Crippen molar-refractivity contribution in [1.29, 1.82) is 0 Å². The van der Waals surface area contributed by atoms with Crippen LogP contribution in [0.3, 0.4) is 0 Å². The Bertz CT molecular complexity index is 675. The molecule has 1 amide bonds. The van der Waals surface area contributed by atoms with Gasteiger partial charge < -0.3 is 10.2 Å². The predicted octanol–water partition coefficient (Wildman–Crippen LogP) is 3.61. The highest BCUT2D eigenvalue weighted by atomic mass is 79.9. The van der Waals surface area contributed by atoms with Crippen LogP contribution in [0.1, 0.15) is 13.8 Å². The largest absolute Gasteiger partial charge is 0.352 e. The zero-order valence-electron chi connectivity index (χ0n) is 12.2. The maximum atomic E-state index is 11.8. The molecule has 1 aromatic heterocycles. The van der Waals surface area contributed by atoms with Gasteiger partial charge >= 0.3 is 0 Å². The number of hydrogen-bond donors (Lipinski definition) is 1. The van der Waals surface area contributed by atoms with Crippen LogP contribution in [0.4, 0.5) is 5.82 Å². The van der Waals surface area contributed by atoms with Gasteiger partial charge in [0.1, 0.15) is 5.82 Å². The Hall–Kier alpha value is -1.33. The third-order valence-electron chi connectivity index (χ3n) is 2.92. The summed E-state index contributed by atoms with van der Waals surface area (Å²) in [5, 5.41) is 4.40. The highest BCUT2D eigenvalue weighted by molar-refractivity contribution is 9.10. The number of nitrogens with zero attached hydrogens (tertiary/aromatic N) is 2. The van der Waals surface area contributed by atoms with Crippen LogP contribution in [-0.2, 0) is 4.79 Å². The number of carbonyl (C=O) groups excluding carboxylic acids is 1. The minimum absolute atomic E-state index is 0.0312. The van der Waals surface area contributed by atoms with E-state index in [1.165, 1.54) is 0 Å².